The van der Waals surface area contributed by atoms with Crippen molar-refractivity contribution in [1.29, 1.82) is 0 Å². The van der Waals surface area contributed by atoms with E-state index in [0.29, 0.717) is 0 Å². The average molecular weight is 353 g/mol. The van der Waals surface area contributed by atoms with Crippen molar-refractivity contribution < 1.29 is 9.53 Å². The maximum Gasteiger partial charge on any atom is 0.253 e. The van der Waals surface area contributed by atoms with Crippen LogP contribution in [0.3, 0.4) is 0 Å². The van der Waals surface area contributed by atoms with Gasteiger partial charge in [-0.05, 0) is 54.8 Å². The highest BCUT2D eigenvalue weighted by Crippen LogP contribution is 2.19. The fraction of sp³-hybridized carbons (Fsp3) is 0.429. The number of pyridine rings is 1. The van der Waals surface area contributed by atoms with E-state index in [2.05, 4.69) is 9.88 Å². The molecule has 0 saturated carbocycles. The fourth-order valence-corrected chi connectivity index (χ4v) is 3.18. The maximum atomic E-state index is 12.6. The van der Waals surface area contributed by atoms with E-state index < -0.39 is 0 Å². The predicted octanol–water partition coefficient (Wildman–Crippen LogP) is 2.93. The minimum atomic E-state index is 0.0812. The van der Waals surface area contributed by atoms with Crippen molar-refractivity contribution in [3.8, 4) is 11.1 Å². The Kier molecular flexibility index (Phi) is 6.75. The van der Waals surface area contributed by atoms with E-state index in [1.165, 1.54) is 0 Å². The van der Waals surface area contributed by atoms with Gasteiger partial charge in [-0.15, -0.1) is 0 Å². The zero-order valence-electron chi connectivity index (χ0n) is 15.4. The number of hydrogen-bond acceptors (Lipinski definition) is 4. The monoisotopic (exact) mass is 353 g/mol. The van der Waals surface area contributed by atoms with E-state index in [0.717, 1.165) is 68.9 Å². The molecule has 0 spiro atoms. The van der Waals surface area contributed by atoms with Crippen molar-refractivity contribution in [2.45, 2.75) is 12.8 Å². The summed E-state index contributed by atoms with van der Waals surface area (Å²) in [5.74, 6) is 0.0812. The molecule has 0 bridgehead atoms. The quantitative estimate of drug-likeness (QED) is 0.718. The Bertz CT molecular complexity index is 682. The second-order valence-electron chi connectivity index (χ2n) is 6.70. The van der Waals surface area contributed by atoms with Gasteiger partial charge in [0.25, 0.3) is 5.91 Å². The Labute approximate surface area is 155 Å². The third-order valence-corrected chi connectivity index (χ3v) is 4.81. The molecule has 138 valence electrons. The summed E-state index contributed by atoms with van der Waals surface area (Å²) in [6, 6.07) is 11.7. The summed E-state index contributed by atoms with van der Waals surface area (Å²) in [6.45, 7) is 5.61. The van der Waals surface area contributed by atoms with E-state index in [4.69, 9.17) is 4.74 Å². The minimum absolute atomic E-state index is 0.0812. The zero-order valence-corrected chi connectivity index (χ0v) is 15.4. The number of hydrogen-bond donors (Lipinski definition) is 0. The molecular formula is C21H27N3O2. The number of amides is 1. The molecule has 0 radical (unpaired) electrons. The lowest BCUT2D eigenvalue weighted by molar-refractivity contribution is 0.0369. The molecule has 1 aliphatic heterocycles. The van der Waals surface area contributed by atoms with Gasteiger partial charge in [0.2, 0.25) is 0 Å². The van der Waals surface area contributed by atoms with Crippen LogP contribution in [-0.2, 0) is 4.74 Å². The molecule has 1 aliphatic rings. The van der Waals surface area contributed by atoms with Crippen molar-refractivity contribution in [2.75, 3.05) is 46.4 Å². The first-order chi connectivity index (χ1) is 12.7. The first kappa shape index (κ1) is 18.5. The molecule has 0 aliphatic carbocycles. The Morgan fingerprint density at radius 1 is 1.04 bits per heavy atom. The Morgan fingerprint density at radius 2 is 1.69 bits per heavy atom. The average Bonchev–Trinajstić information content (AvgIpc) is 2.72. The summed E-state index contributed by atoms with van der Waals surface area (Å²) in [5, 5.41) is 0. The predicted molar refractivity (Wildman–Crippen MR) is 103 cm³/mol. The number of unbranched alkanes of at least 4 members (excludes halogenated alkanes) is 1. The Balaban J connectivity index is 1.45. The van der Waals surface area contributed by atoms with Gasteiger partial charge >= 0.3 is 0 Å². The van der Waals surface area contributed by atoms with Crippen LogP contribution in [-0.4, -0.2) is 67.1 Å². The molecule has 0 N–H and O–H groups in total. The summed E-state index contributed by atoms with van der Waals surface area (Å²) in [6.07, 6.45) is 5.69. The van der Waals surface area contributed by atoms with Crippen LogP contribution >= 0.6 is 0 Å². The molecule has 0 atom stereocenters. The SMILES string of the molecule is CN(CCCCN1CCOCC1)C(=O)c1ccc(-c2ccncc2)cc1. The van der Waals surface area contributed by atoms with E-state index in [9.17, 15) is 4.79 Å². The van der Waals surface area contributed by atoms with Crippen LogP contribution < -0.4 is 0 Å². The van der Waals surface area contributed by atoms with Gasteiger partial charge in [-0.2, -0.15) is 0 Å². The number of benzene rings is 1. The zero-order chi connectivity index (χ0) is 18.2. The molecule has 2 heterocycles. The van der Waals surface area contributed by atoms with Crippen molar-refractivity contribution in [2.24, 2.45) is 0 Å². The molecule has 1 saturated heterocycles. The highest BCUT2D eigenvalue weighted by Gasteiger charge is 2.13. The standard InChI is InChI=1S/C21H27N3O2/c1-23(12-2-3-13-24-14-16-26-17-15-24)21(25)20-6-4-18(5-7-20)19-8-10-22-11-9-19/h4-11H,2-3,12-17H2,1H3. The number of carbonyl (C=O) groups excluding carboxylic acids is 1. The lowest BCUT2D eigenvalue weighted by Crippen LogP contribution is -2.37. The van der Waals surface area contributed by atoms with Crippen molar-refractivity contribution >= 4 is 5.91 Å². The maximum absolute atomic E-state index is 12.6. The number of morpholine rings is 1. The van der Waals surface area contributed by atoms with Crippen molar-refractivity contribution in [3.05, 3.63) is 54.4 Å². The van der Waals surface area contributed by atoms with Crippen LogP contribution in [0.4, 0.5) is 0 Å². The third kappa shape index (κ3) is 5.13. The molecule has 5 heteroatoms. The summed E-state index contributed by atoms with van der Waals surface area (Å²) in [7, 11) is 1.88. The van der Waals surface area contributed by atoms with Gasteiger partial charge in [0.15, 0.2) is 0 Å². The lowest BCUT2D eigenvalue weighted by atomic mass is 10.0. The van der Waals surface area contributed by atoms with E-state index in [1.807, 2.05) is 48.3 Å². The largest absolute Gasteiger partial charge is 0.379 e. The summed E-state index contributed by atoms with van der Waals surface area (Å²) in [5.41, 5.74) is 2.94. The van der Waals surface area contributed by atoms with Gasteiger partial charge < -0.3 is 9.64 Å². The molecule has 1 fully saturated rings. The number of ether oxygens (including phenoxy) is 1. The topological polar surface area (TPSA) is 45.7 Å². The molecule has 0 unspecified atom stereocenters. The number of nitrogens with zero attached hydrogens (tertiary/aromatic N) is 3. The fourth-order valence-electron chi connectivity index (χ4n) is 3.18. The van der Waals surface area contributed by atoms with Gasteiger partial charge in [0.05, 0.1) is 13.2 Å². The summed E-state index contributed by atoms with van der Waals surface area (Å²) < 4.78 is 5.36. The minimum Gasteiger partial charge on any atom is -0.379 e. The van der Waals surface area contributed by atoms with Gasteiger partial charge in [-0.25, -0.2) is 0 Å². The molecular weight excluding hydrogens is 326 g/mol. The van der Waals surface area contributed by atoms with Crippen LogP contribution in [0.2, 0.25) is 0 Å². The van der Waals surface area contributed by atoms with Crippen LogP contribution in [0.1, 0.15) is 23.2 Å². The van der Waals surface area contributed by atoms with Gasteiger partial charge in [0.1, 0.15) is 0 Å². The molecule has 2 aromatic rings. The number of carbonyl (C=O) groups is 1. The second-order valence-corrected chi connectivity index (χ2v) is 6.70. The molecule has 1 aromatic carbocycles. The molecule has 1 amide bonds. The molecule has 1 aromatic heterocycles. The van der Waals surface area contributed by atoms with Crippen LogP contribution in [0.5, 0.6) is 0 Å². The first-order valence-corrected chi connectivity index (χ1v) is 9.30. The number of rotatable bonds is 7. The van der Waals surface area contributed by atoms with Crippen LogP contribution in [0.25, 0.3) is 11.1 Å². The Morgan fingerprint density at radius 3 is 2.38 bits per heavy atom. The van der Waals surface area contributed by atoms with E-state index in [1.54, 1.807) is 12.4 Å². The van der Waals surface area contributed by atoms with Gasteiger partial charge in [-0.1, -0.05) is 12.1 Å². The normalized spacial score (nSPS) is 15.0. The number of aromatic nitrogens is 1. The highest BCUT2D eigenvalue weighted by molar-refractivity contribution is 5.94. The lowest BCUT2D eigenvalue weighted by Gasteiger charge is -2.26. The van der Waals surface area contributed by atoms with Crippen molar-refractivity contribution in [3.63, 3.8) is 0 Å². The first-order valence-electron chi connectivity index (χ1n) is 9.30. The Hall–Kier alpha value is -2.24. The van der Waals surface area contributed by atoms with Crippen LogP contribution in [0.15, 0.2) is 48.8 Å². The third-order valence-electron chi connectivity index (χ3n) is 4.81. The van der Waals surface area contributed by atoms with Crippen LogP contribution in [0, 0.1) is 0 Å². The highest BCUT2D eigenvalue weighted by atomic mass is 16.5. The van der Waals surface area contributed by atoms with Gasteiger partial charge in [0, 0.05) is 44.6 Å². The summed E-state index contributed by atoms with van der Waals surface area (Å²) >= 11 is 0. The summed E-state index contributed by atoms with van der Waals surface area (Å²) in [4.78, 5) is 20.9. The van der Waals surface area contributed by atoms with Crippen molar-refractivity contribution in [1.82, 2.24) is 14.8 Å². The van der Waals surface area contributed by atoms with E-state index >= 15 is 0 Å². The molecule has 3 rings (SSSR count). The molecule has 26 heavy (non-hydrogen) atoms. The van der Waals surface area contributed by atoms with Gasteiger partial charge in [-0.3, -0.25) is 14.7 Å². The van der Waals surface area contributed by atoms with E-state index in [-0.39, 0.29) is 5.91 Å². The second kappa shape index (κ2) is 9.46. The smallest absolute Gasteiger partial charge is 0.253 e. The molecule has 5 nitrogen and oxygen atoms in total.